The molecule has 3 nitrogen and oxygen atoms in total. The Kier molecular flexibility index (Phi) is 10.3. The molecule has 0 amide bonds. The van der Waals surface area contributed by atoms with Crippen LogP contribution < -0.4 is 4.74 Å². The van der Waals surface area contributed by atoms with E-state index in [1.807, 2.05) is 0 Å². The van der Waals surface area contributed by atoms with Gasteiger partial charge in [-0.05, 0) is 80.3 Å². The van der Waals surface area contributed by atoms with Crippen LogP contribution >= 0.6 is 0 Å². The van der Waals surface area contributed by atoms with Crippen LogP contribution in [0.5, 0.6) is 5.75 Å². The highest BCUT2D eigenvalue weighted by Gasteiger charge is 2.28. The van der Waals surface area contributed by atoms with Crippen LogP contribution in [0.15, 0.2) is 42.5 Å². The number of carbonyl (C=O) groups is 1. The number of hydrogen-bond acceptors (Lipinski definition) is 3. The van der Waals surface area contributed by atoms with Gasteiger partial charge in [0.1, 0.15) is 5.82 Å². The molecule has 1 fully saturated rings. The Bertz CT molecular complexity index is 858. The Hall–Kier alpha value is -2.27. The molecule has 1 saturated carbocycles. The van der Waals surface area contributed by atoms with E-state index in [0.29, 0.717) is 12.8 Å². The maximum absolute atomic E-state index is 14.5. The van der Waals surface area contributed by atoms with Gasteiger partial charge in [0.25, 0.3) is 0 Å². The minimum absolute atomic E-state index is 0.0176. The standard InChI is InChI=1S/C28H36F2O3/c1-2-3-4-5-6-19-32-25-16-12-23(13-17-25)28(31)33-27-18-11-22(20-26(27)30)8-7-21-9-14-24(29)15-10-21/h9-11,14-15,18,20,23,25H,2-8,12-13,16-17,19H2,1H3. The number of aryl methyl sites for hydroxylation is 2. The summed E-state index contributed by atoms with van der Waals surface area (Å²) < 4.78 is 38.9. The normalized spacial score (nSPS) is 18.3. The van der Waals surface area contributed by atoms with Crippen molar-refractivity contribution in [3.63, 3.8) is 0 Å². The molecule has 0 N–H and O–H groups in total. The van der Waals surface area contributed by atoms with Gasteiger partial charge in [0, 0.05) is 6.61 Å². The summed E-state index contributed by atoms with van der Waals surface area (Å²) in [6.07, 6.45) is 10.8. The Morgan fingerprint density at radius 1 is 0.879 bits per heavy atom. The van der Waals surface area contributed by atoms with E-state index in [1.165, 1.54) is 49.9 Å². The Balaban J connectivity index is 1.39. The van der Waals surface area contributed by atoms with Gasteiger partial charge < -0.3 is 9.47 Å². The lowest BCUT2D eigenvalue weighted by molar-refractivity contribution is -0.141. The number of unbranched alkanes of at least 4 members (excludes halogenated alkanes) is 4. The zero-order valence-corrected chi connectivity index (χ0v) is 19.7. The molecule has 0 aromatic heterocycles. The molecule has 0 unspecified atom stereocenters. The predicted molar refractivity (Wildman–Crippen MR) is 126 cm³/mol. The van der Waals surface area contributed by atoms with E-state index in [2.05, 4.69) is 6.92 Å². The van der Waals surface area contributed by atoms with Gasteiger partial charge in [0.2, 0.25) is 0 Å². The van der Waals surface area contributed by atoms with Gasteiger partial charge in [-0.3, -0.25) is 4.79 Å². The number of halogens is 2. The van der Waals surface area contributed by atoms with E-state index < -0.39 is 5.82 Å². The van der Waals surface area contributed by atoms with Gasteiger partial charge in [0.05, 0.1) is 12.0 Å². The summed E-state index contributed by atoms with van der Waals surface area (Å²) in [5.41, 5.74) is 1.80. The van der Waals surface area contributed by atoms with Crippen molar-refractivity contribution in [2.75, 3.05) is 6.61 Å². The van der Waals surface area contributed by atoms with Crippen LogP contribution in [0.25, 0.3) is 0 Å². The number of hydrogen-bond donors (Lipinski definition) is 0. The molecule has 0 radical (unpaired) electrons. The lowest BCUT2D eigenvalue weighted by atomic mass is 9.87. The van der Waals surface area contributed by atoms with E-state index in [-0.39, 0.29) is 29.6 Å². The molecule has 0 bridgehead atoms. The van der Waals surface area contributed by atoms with Gasteiger partial charge in [-0.25, -0.2) is 8.78 Å². The molecule has 5 heteroatoms. The number of rotatable bonds is 12. The monoisotopic (exact) mass is 458 g/mol. The molecule has 3 rings (SSSR count). The third-order valence-corrected chi connectivity index (χ3v) is 6.43. The van der Waals surface area contributed by atoms with Gasteiger partial charge in [-0.15, -0.1) is 0 Å². The van der Waals surface area contributed by atoms with E-state index in [1.54, 1.807) is 18.2 Å². The Morgan fingerprint density at radius 3 is 2.24 bits per heavy atom. The van der Waals surface area contributed by atoms with Crippen molar-refractivity contribution in [1.29, 1.82) is 0 Å². The smallest absolute Gasteiger partial charge is 0.314 e. The van der Waals surface area contributed by atoms with E-state index in [4.69, 9.17) is 9.47 Å². The third-order valence-electron chi connectivity index (χ3n) is 6.43. The van der Waals surface area contributed by atoms with Gasteiger partial charge >= 0.3 is 5.97 Å². The molecular weight excluding hydrogens is 422 g/mol. The maximum Gasteiger partial charge on any atom is 0.314 e. The van der Waals surface area contributed by atoms with Crippen molar-refractivity contribution in [3.8, 4) is 5.75 Å². The first kappa shape index (κ1) is 25.4. The summed E-state index contributed by atoms with van der Waals surface area (Å²) in [4.78, 5) is 12.5. The Morgan fingerprint density at radius 2 is 1.55 bits per heavy atom. The van der Waals surface area contributed by atoms with Gasteiger partial charge in [-0.1, -0.05) is 50.8 Å². The molecule has 0 heterocycles. The SMILES string of the molecule is CCCCCCCOC1CCC(C(=O)Oc2ccc(CCc3ccc(F)cc3)cc2F)CC1. The lowest BCUT2D eigenvalue weighted by Gasteiger charge is -2.27. The highest BCUT2D eigenvalue weighted by molar-refractivity contribution is 5.75. The third kappa shape index (κ3) is 8.54. The van der Waals surface area contributed by atoms with Crippen molar-refractivity contribution in [3.05, 3.63) is 65.2 Å². The lowest BCUT2D eigenvalue weighted by Crippen LogP contribution is -2.29. The van der Waals surface area contributed by atoms with Crippen molar-refractivity contribution in [2.45, 2.75) is 83.7 Å². The average Bonchev–Trinajstić information content (AvgIpc) is 2.83. The quantitative estimate of drug-likeness (QED) is 0.192. The van der Waals surface area contributed by atoms with E-state index in [0.717, 1.165) is 49.8 Å². The predicted octanol–water partition coefficient (Wildman–Crippen LogP) is 7.20. The van der Waals surface area contributed by atoms with Crippen LogP contribution in [0, 0.1) is 17.6 Å². The van der Waals surface area contributed by atoms with Crippen molar-refractivity contribution in [1.82, 2.24) is 0 Å². The first-order chi connectivity index (χ1) is 16.0. The molecule has 2 aromatic rings. The molecular formula is C28H36F2O3. The van der Waals surface area contributed by atoms with Crippen LogP contribution in [-0.4, -0.2) is 18.7 Å². The highest BCUT2D eigenvalue weighted by Crippen LogP contribution is 2.29. The van der Waals surface area contributed by atoms with E-state index in [9.17, 15) is 13.6 Å². The second-order valence-corrected chi connectivity index (χ2v) is 9.07. The van der Waals surface area contributed by atoms with Crippen LogP contribution in [0.1, 0.15) is 75.8 Å². The summed E-state index contributed by atoms with van der Waals surface area (Å²) >= 11 is 0. The minimum atomic E-state index is -0.528. The molecule has 33 heavy (non-hydrogen) atoms. The average molecular weight is 459 g/mol. The van der Waals surface area contributed by atoms with Crippen LogP contribution in [0.2, 0.25) is 0 Å². The highest BCUT2D eigenvalue weighted by atomic mass is 19.1. The van der Waals surface area contributed by atoms with Crippen LogP contribution in [0.3, 0.4) is 0 Å². The van der Waals surface area contributed by atoms with Crippen molar-refractivity contribution >= 4 is 5.97 Å². The van der Waals surface area contributed by atoms with E-state index >= 15 is 0 Å². The number of benzene rings is 2. The molecule has 0 aliphatic heterocycles. The van der Waals surface area contributed by atoms with Gasteiger partial charge in [0.15, 0.2) is 11.6 Å². The van der Waals surface area contributed by atoms with Crippen molar-refractivity contribution in [2.24, 2.45) is 5.92 Å². The molecule has 180 valence electrons. The zero-order valence-electron chi connectivity index (χ0n) is 19.7. The second kappa shape index (κ2) is 13.4. The molecule has 1 aliphatic rings. The number of carbonyl (C=O) groups excluding carboxylic acids is 1. The van der Waals surface area contributed by atoms with Crippen molar-refractivity contribution < 1.29 is 23.0 Å². The summed E-state index contributed by atoms with van der Waals surface area (Å²) in [5, 5.41) is 0. The summed E-state index contributed by atoms with van der Waals surface area (Å²) in [6, 6.07) is 11.0. The first-order valence-corrected chi connectivity index (χ1v) is 12.4. The topological polar surface area (TPSA) is 35.5 Å². The second-order valence-electron chi connectivity index (χ2n) is 9.07. The van der Waals surface area contributed by atoms with Gasteiger partial charge in [-0.2, -0.15) is 0 Å². The fraction of sp³-hybridized carbons (Fsp3) is 0.536. The molecule has 2 aromatic carbocycles. The first-order valence-electron chi connectivity index (χ1n) is 12.4. The molecule has 0 atom stereocenters. The summed E-state index contributed by atoms with van der Waals surface area (Å²) in [7, 11) is 0. The molecule has 1 aliphatic carbocycles. The number of esters is 1. The summed E-state index contributed by atoms with van der Waals surface area (Å²) in [6.45, 7) is 3.00. The largest absolute Gasteiger partial charge is 0.423 e. The fourth-order valence-electron chi connectivity index (χ4n) is 4.33. The van der Waals surface area contributed by atoms with Crippen LogP contribution in [0.4, 0.5) is 8.78 Å². The summed E-state index contributed by atoms with van der Waals surface area (Å²) in [5.74, 6) is -1.37. The minimum Gasteiger partial charge on any atom is -0.423 e. The van der Waals surface area contributed by atoms with Crippen LogP contribution in [-0.2, 0) is 22.4 Å². The Labute approximate surface area is 196 Å². The molecule has 0 spiro atoms. The zero-order chi connectivity index (χ0) is 23.5. The maximum atomic E-state index is 14.5. The fourth-order valence-corrected chi connectivity index (χ4v) is 4.33. The number of ether oxygens (including phenoxy) is 2. The molecule has 0 saturated heterocycles.